The van der Waals surface area contributed by atoms with Crippen LogP contribution in [0.3, 0.4) is 0 Å². The Labute approximate surface area is 165 Å². The van der Waals surface area contributed by atoms with E-state index in [4.69, 9.17) is 4.74 Å². The molecule has 1 aliphatic rings. The van der Waals surface area contributed by atoms with E-state index >= 15 is 0 Å². The number of hydrogen-bond donors (Lipinski definition) is 1. The lowest BCUT2D eigenvalue weighted by Crippen LogP contribution is -2.41. The number of carboxylic acid groups (broad SMARTS) is 1. The molecule has 2 aromatic rings. The zero-order chi connectivity index (χ0) is 20.3. The number of methoxy groups -OCH3 is 1. The topological polar surface area (TPSA) is 53.0 Å². The van der Waals surface area contributed by atoms with Crippen LogP contribution in [-0.4, -0.2) is 50.3 Å². The largest absolute Gasteiger partial charge is 0.496 e. The molecule has 3 rings (SSSR count). The van der Waals surface area contributed by atoms with E-state index in [2.05, 4.69) is 4.90 Å². The highest BCUT2D eigenvalue weighted by molar-refractivity contribution is 5.70. The Kier molecular flexibility index (Phi) is 6.19. The number of rotatable bonds is 6. The molecule has 2 unspecified atom stereocenters. The highest BCUT2D eigenvalue weighted by Crippen LogP contribution is 2.38. The number of likely N-dealkylation sites (tertiary alicyclic amines) is 1. The number of ether oxygens (including phenoxy) is 1. The molecule has 1 fully saturated rings. The fraction of sp³-hybridized carbons (Fsp3) is 0.409. The van der Waals surface area contributed by atoms with Crippen LogP contribution >= 0.6 is 0 Å². The van der Waals surface area contributed by atoms with Gasteiger partial charge in [0.15, 0.2) is 0 Å². The first-order valence-corrected chi connectivity index (χ1v) is 9.48. The van der Waals surface area contributed by atoms with Gasteiger partial charge in [-0.05, 0) is 55.3 Å². The molecule has 1 N–H and O–H groups in total. The van der Waals surface area contributed by atoms with Crippen molar-refractivity contribution in [2.24, 2.45) is 5.92 Å². The lowest BCUT2D eigenvalue weighted by Gasteiger charge is -2.38. The summed E-state index contributed by atoms with van der Waals surface area (Å²) < 4.78 is 19.6. The molecule has 28 heavy (non-hydrogen) atoms. The van der Waals surface area contributed by atoms with Gasteiger partial charge >= 0.3 is 5.97 Å². The van der Waals surface area contributed by atoms with E-state index in [1.807, 2.05) is 43.3 Å². The molecule has 0 aliphatic carbocycles. The van der Waals surface area contributed by atoms with Crippen LogP contribution in [0, 0.1) is 11.7 Å². The molecule has 1 saturated heterocycles. The van der Waals surface area contributed by atoms with Gasteiger partial charge in [-0.25, -0.2) is 4.39 Å². The lowest BCUT2D eigenvalue weighted by atomic mass is 9.91. The third kappa shape index (κ3) is 4.28. The zero-order valence-corrected chi connectivity index (χ0v) is 16.6. The molecular weight excluding hydrogens is 359 g/mol. The van der Waals surface area contributed by atoms with Gasteiger partial charge in [-0.2, -0.15) is 0 Å². The Morgan fingerprint density at radius 3 is 2.57 bits per heavy atom. The molecule has 0 aromatic heterocycles. The first kappa shape index (κ1) is 20.1. The van der Waals surface area contributed by atoms with E-state index in [-0.39, 0.29) is 11.9 Å². The molecule has 0 bridgehead atoms. The summed E-state index contributed by atoms with van der Waals surface area (Å²) in [4.78, 5) is 15.7. The Bertz CT molecular complexity index is 823. The van der Waals surface area contributed by atoms with Gasteiger partial charge in [0, 0.05) is 31.9 Å². The van der Waals surface area contributed by atoms with Crippen LogP contribution in [0.25, 0.3) is 0 Å². The van der Waals surface area contributed by atoms with Crippen molar-refractivity contribution in [2.45, 2.75) is 18.9 Å². The quantitative estimate of drug-likeness (QED) is 0.819. The van der Waals surface area contributed by atoms with Crippen LogP contribution in [0.5, 0.6) is 5.75 Å². The third-order valence-electron chi connectivity index (χ3n) is 5.38. The number of aliphatic carboxylic acids is 1. The van der Waals surface area contributed by atoms with Gasteiger partial charge in [-0.3, -0.25) is 9.69 Å². The second-order valence-electron chi connectivity index (χ2n) is 7.45. The summed E-state index contributed by atoms with van der Waals surface area (Å²) in [5, 5.41) is 9.50. The molecule has 2 aromatic carbocycles. The van der Waals surface area contributed by atoms with E-state index < -0.39 is 11.9 Å². The Morgan fingerprint density at radius 2 is 1.96 bits per heavy atom. The molecule has 0 spiro atoms. The van der Waals surface area contributed by atoms with Crippen LogP contribution < -0.4 is 9.64 Å². The van der Waals surface area contributed by atoms with Gasteiger partial charge in [-0.15, -0.1) is 0 Å². The van der Waals surface area contributed by atoms with E-state index in [1.54, 1.807) is 13.2 Å². The van der Waals surface area contributed by atoms with E-state index in [0.29, 0.717) is 24.3 Å². The maximum atomic E-state index is 14.1. The number of carboxylic acids is 1. The van der Waals surface area contributed by atoms with Crippen molar-refractivity contribution in [3.8, 4) is 5.75 Å². The number of halogens is 1. The Hall–Kier alpha value is -2.60. The highest BCUT2D eigenvalue weighted by atomic mass is 19.1. The highest BCUT2D eigenvalue weighted by Gasteiger charge is 2.32. The molecule has 2 atom stereocenters. The summed E-state index contributed by atoms with van der Waals surface area (Å²) in [6.07, 6.45) is 1.46. The second-order valence-corrected chi connectivity index (χ2v) is 7.45. The minimum atomic E-state index is -0.780. The summed E-state index contributed by atoms with van der Waals surface area (Å²) in [7, 11) is 5.52. The number of benzene rings is 2. The molecule has 6 heteroatoms. The minimum Gasteiger partial charge on any atom is -0.496 e. The van der Waals surface area contributed by atoms with Crippen LogP contribution in [0.15, 0.2) is 42.5 Å². The van der Waals surface area contributed by atoms with Crippen molar-refractivity contribution in [1.29, 1.82) is 0 Å². The lowest BCUT2D eigenvalue weighted by molar-refractivity contribution is -0.143. The van der Waals surface area contributed by atoms with Crippen molar-refractivity contribution in [1.82, 2.24) is 4.90 Å². The second kappa shape index (κ2) is 8.61. The van der Waals surface area contributed by atoms with E-state index in [1.165, 1.54) is 12.1 Å². The maximum Gasteiger partial charge on any atom is 0.307 e. The van der Waals surface area contributed by atoms with Crippen LogP contribution in [0.2, 0.25) is 0 Å². The van der Waals surface area contributed by atoms with Crippen molar-refractivity contribution in [3.05, 3.63) is 59.4 Å². The number of piperidine rings is 1. The number of hydrogen-bond acceptors (Lipinski definition) is 4. The van der Waals surface area contributed by atoms with Crippen molar-refractivity contribution < 1.29 is 19.0 Å². The Balaban J connectivity index is 2.06. The van der Waals surface area contributed by atoms with E-state index in [9.17, 15) is 14.3 Å². The first-order chi connectivity index (χ1) is 13.4. The summed E-state index contributed by atoms with van der Waals surface area (Å²) in [5.74, 6) is -0.937. The van der Waals surface area contributed by atoms with Crippen molar-refractivity contribution in [3.63, 3.8) is 0 Å². The fourth-order valence-corrected chi connectivity index (χ4v) is 3.90. The van der Waals surface area contributed by atoms with Gasteiger partial charge in [-0.1, -0.05) is 12.1 Å². The summed E-state index contributed by atoms with van der Waals surface area (Å²) in [5.41, 5.74) is 2.77. The van der Waals surface area contributed by atoms with Gasteiger partial charge in [0.05, 0.1) is 19.1 Å². The van der Waals surface area contributed by atoms with Gasteiger partial charge in [0.2, 0.25) is 0 Å². The fourth-order valence-electron chi connectivity index (χ4n) is 3.90. The summed E-state index contributed by atoms with van der Waals surface area (Å²) in [6.45, 7) is 1.18. The average Bonchev–Trinajstić information content (AvgIpc) is 2.69. The molecule has 0 amide bonds. The van der Waals surface area contributed by atoms with Crippen LogP contribution in [0.1, 0.15) is 30.0 Å². The Morgan fingerprint density at radius 1 is 1.25 bits per heavy atom. The first-order valence-electron chi connectivity index (χ1n) is 9.48. The molecule has 1 aliphatic heterocycles. The van der Waals surface area contributed by atoms with E-state index in [0.717, 1.165) is 24.2 Å². The van der Waals surface area contributed by atoms with Crippen molar-refractivity contribution >= 4 is 11.7 Å². The summed E-state index contributed by atoms with van der Waals surface area (Å²) >= 11 is 0. The van der Waals surface area contributed by atoms with Crippen LogP contribution in [0.4, 0.5) is 10.1 Å². The zero-order valence-electron chi connectivity index (χ0n) is 16.6. The van der Waals surface area contributed by atoms with Crippen LogP contribution in [-0.2, 0) is 4.79 Å². The number of anilines is 1. The predicted octanol–water partition coefficient (Wildman–Crippen LogP) is 3.79. The molecule has 150 valence electrons. The summed E-state index contributed by atoms with van der Waals surface area (Å²) in [6, 6.07) is 12.3. The van der Waals surface area contributed by atoms with Gasteiger partial charge < -0.3 is 14.7 Å². The number of nitrogens with zero attached hydrogens (tertiary/aromatic N) is 2. The number of carbonyl (C=O) groups is 1. The monoisotopic (exact) mass is 386 g/mol. The van der Waals surface area contributed by atoms with Crippen molar-refractivity contribution in [2.75, 3.05) is 39.2 Å². The SMILES string of the molecule is COc1ccc(F)cc1C(c1ccc(N(C)C)cc1)N1CCCC(C(=O)O)C1. The third-order valence-corrected chi connectivity index (χ3v) is 5.38. The average molecular weight is 386 g/mol. The van der Waals surface area contributed by atoms with Gasteiger partial charge in [0.25, 0.3) is 0 Å². The maximum absolute atomic E-state index is 14.1. The van der Waals surface area contributed by atoms with Gasteiger partial charge in [0.1, 0.15) is 11.6 Å². The molecule has 1 heterocycles. The standard InChI is InChI=1S/C22H27FN2O3/c1-24(2)18-9-6-15(7-10-18)21(19-13-17(23)8-11-20(19)28-3)25-12-4-5-16(14-25)22(26)27/h6-11,13,16,21H,4-5,12,14H2,1-3H3,(H,26,27). The molecule has 5 nitrogen and oxygen atoms in total. The molecule has 0 saturated carbocycles. The minimum absolute atomic E-state index is 0.274. The predicted molar refractivity (Wildman–Crippen MR) is 107 cm³/mol. The molecular formula is C22H27FN2O3. The normalized spacial score (nSPS) is 18.5. The molecule has 0 radical (unpaired) electrons. The smallest absolute Gasteiger partial charge is 0.307 e.